The molecule has 596 valence electrons. The Balaban J connectivity index is 1.19. The van der Waals surface area contributed by atoms with Crippen molar-refractivity contribution in [1.29, 1.82) is 0 Å². The highest BCUT2D eigenvalue weighted by Crippen LogP contribution is 2.39. The average Bonchev–Trinajstić information content (AvgIpc) is 0.769. The Labute approximate surface area is 582 Å². The molecule has 7 saturated heterocycles. The van der Waals surface area contributed by atoms with Gasteiger partial charge in [0.1, 0.15) is 183 Å². The zero-order valence-corrected chi connectivity index (χ0v) is 55.2. The fourth-order valence-corrected chi connectivity index (χ4v) is 12.7. The fourth-order valence-electron chi connectivity index (χ4n) is 12.7. The minimum Gasteiger partial charge on any atom is -0.477 e. The average molecular weight is 1510 g/mol. The van der Waals surface area contributed by atoms with Crippen LogP contribution in [0, 0.1) is 0 Å². The van der Waals surface area contributed by atoms with Crippen molar-refractivity contribution in [2.24, 2.45) is 0 Å². The minimum atomic E-state index is -3.07. The largest absolute Gasteiger partial charge is 0.477 e. The van der Waals surface area contributed by atoms with Crippen LogP contribution >= 0.6 is 0 Å². The Morgan fingerprint density at radius 2 is 0.932 bits per heavy atom. The summed E-state index contributed by atoms with van der Waals surface area (Å²) in [4.78, 5) is 62.9. The number of amides is 3. The standard InChI is InChI=1S/C57H95N3O43/c1-14-30(74)37(81)40(84)52(92-14)101-48-29(60-17(4)69)50(94-24(11-66)46(48)100-53-41(85)38(82)33(77)22(9-64)93-53)90-12-25-35(79)49(43(87)55(96-25)98-44(21(73)8-63)31(75)19(71)6-61)102-51-28(59-16(3)68)36(80)45(23(10-65)95-51)99-54-42(86)39(83)34(78)26(97-54)13-91-57(56(88)89)5-18(70)27(58-15(2)67)47(103-57)32(76)20(72)7-62/h6,14,18-55,62-66,70-87H,5,7-13H2,1-4H3,(H,58,67)(H,59,68)(H,60,69)(H,88,89). The zero-order chi connectivity index (χ0) is 76.7. The van der Waals surface area contributed by atoms with Crippen LogP contribution in [-0.2, 0) is 90.3 Å². The van der Waals surface area contributed by atoms with Gasteiger partial charge in [-0.25, -0.2) is 4.79 Å². The van der Waals surface area contributed by atoms with Gasteiger partial charge in [0.15, 0.2) is 44.0 Å². The van der Waals surface area contributed by atoms with Gasteiger partial charge in [-0.3, -0.25) is 14.4 Å². The van der Waals surface area contributed by atoms with E-state index >= 15 is 0 Å². The second-order valence-electron chi connectivity index (χ2n) is 25.7. The third kappa shape index (κ3) is 19.6. The molecule has 0 radical (unpaired) electrons. The molecule has 7 fully saturated rings. The first kappa shape index (κ1) is 86.3. The fraction of sp³-hybridized carbons (Fsp3) is 0.912. The van der Waals surface area contributed by atoms with Crippen molar-refractivity contribution in [2.75, 3.05) is 46.2 Å². The first-order chi connectivity index (χ1) is 48.4. The van der Waals surface area contributed by atoms with Gasteiger partial charge in [-0.2, -0.15) is 0 Å². The Morgan fingerprint density at radius 3 is 1.48 bits per heavy atom. The quantitative estimate of drug-likeness (QED) is 0.0287. The van der Waals surface area contributed by atoms with E-state index in [9.17, 15) is 147 Å². The van der Waals surface area contributed by atoms with E-state index in [0.29, 0.717) is 0 Å². The Hall–Kier alpha value is -3.93. The number of hydrogen-bond acceptors (Lipinski definition) is 42. The molecule has 46 nitrogen and oxygen atoms in total. The van der Waals surface area contributed by atoms with E-state index in [1.807, 2.05) is 0 Å². The van der Waals surface area contributed by atoms with Crippen LogP contribution in [0.4, 0.5) is 0 Å². The van der Waals surface area contributed by atoms with E-state index in [0.717, 1.165) is 20.8 Å². The number of carboxylic acids is 1. The van der Waals surface area contributed by atoms with E-state index in [1.165, 1.54) is 6.92 Å². The maximum atomic E-state index is 13.2. The van der Waals surface area contributed by atoms with Crippen LogP contribution in [0.15, 0.2) is 0 Å². The molecule has 0 spiro atoms. The number of carbonyl (C=O) groups excluding carboxylic acids is 4. The van der Waals surface area contributed by atoms with E-state index in [1.54, 1.807) is 0 Å². The summed E-state index contributed by atoms with van der Waals surface area (Å²) in [5.74, 6) is -7.90. The molecule has 0 bridgehead atoms. The third-order valence-electron chi connectivity index (χ3n) is 18.3. The normalized spacial score (nSPS) is 45.0. The van der Waals surface area contributed by atoms with Crippen LogP contribution in [0.3, 0.4) is 0 Å². The molecule has 7 aliphatic rings. The topological polar surface area (TPSA) is 736 Å². The predicted octanol–water partition coefficient (Wildman–Crippen LogP) is -17.9. The zero-order valence-electron chi connectivity index (χ0n) is 55.2. The van der Waals surface area contributed by atoms with Crippen molar-refractivity contribution in [3.8, 4) is 0 Å². The lowest BCUT2D eigenvalue weighted by Crippen LogP contribution is -2.70. The molecule has 7 heterocycles. The SMILES string of the molecule is CC(=O)NC1C(OC2C(O)C(COC3OC(CO)C(OC4OC(CO)C(O)C(O)C4O)C(OC4OC(C)C(O)C(O)C4O)C3NC(C)=O)OC(OC(C(O)CO)C(O)C(O)C=O)C2O)OC(CO)C(OC2OC(COC3(C(=O)O)CC(O)C(NC(C)=O)C(C(O)C(O)CO)O3)C(O)C(O)C2O)C1O. The van der Waals surface area contributed by atoms with Crippen molar-refractivity contribution in [3.05, 3.63) is 0 Å². The van der Waals surface area contributed by atoms with Gasteiger partial charge < -0.3 is 210 Å². The lowest BCUT2D eigenvalue weighted by atomic mass is 9.88. The van der Waals surface area contributed by atoms with Gasteiger partial charge in [0.25, 0.3) is 5.79 Å². The number of carboxylic acid groups (broad SMARTS) is 1. The molecule has 103 heavy (non-hydrogen) atoms. The molecular formula is C57H95N3O43. The summed E-state index contributed by atoms with van der Waals surface area (Å²) in [6.07, 6.45) is -77.9. The van der Waals surface area contributed by atoms with Crippen LogP contribution in [-0.4, -0.2) is 444 Å². The number of rotatable bonds is 31. The lowest BCUT2D eigenvalue weighted by Gasteiger charge is -2.51. The molecule has 0 saturated carbocycles. The molecule has 7 rings (SSSR count). The van der Waals surface area contributed by atoms with Gasteiger partial charge >= 0.3 is 5.97 Å². The van der Waals surface area contributed by atoms with E-state index < -0.39 is 321 Å². The smallest absolute Gasteiger partial charge is 0.364 e. The molecule has 7 aliphatic heterocycles. The highest BCUT2D eigenvalue weighted by Gasteiger charge is 2.61. The van der Waals surface area contributed by atoms with Crippen LogP contribution in [0.5, 0.6) is 0 Å². The molecule has 27 N–H and O–H groups in total. The van der Waals surface area contributed by atoms with E-state index in [4.69, 9.17) is 66.3 Å². The first-order valence-electron chi connectivity index (χ1n) is 32.4. The summed E-state index contributed by atoms with van der Waals surface area (Å²) in [5.41, 5.74) is 0. The van der Waals surface area contributed by atoms with Crippen LogP contribution in [0.25, 0.3) is 0 Å². The van der Waals surface area contributed by atoms with Crippen LogP contribution in [0.2, 0.25) is 0 Å². The first-order valence-corrected chi connectivity index (χ1v) is 32.4. The molecule has 0 aliphatic carbocycles. The molecule has 0 aromatic heterocycles. The molecule has 40 atom stereocenters. The molecule has 40 unspecified atom stereocenters. The third-order valence-corrected chi connectivity index (χ3v) is 18.3. The molecular weight excluding hydrogens is 1410 g/mol. The number of aliphatic carboxylic acids is 1. The maximum Gasteiger partial charge on any atom is 0.364 e. The molecule has 46 heteroatoms. The van der Waals surface area contributed by atoms with Crippen LogP contribution < -0.4 is 16.0 Å². The number of aliphatic hydroxyl groups excluding tert-OH is 23. The van der Waals surface area contributed by atoms with E-state index in [2.05, 4.69) is 16.0 Å². The summed E-state index contributed by atoms with van der Waals surface area (Å²) in [6.45, 7) is -4.14. The number of carbonyl (C=O) groups is 5. The van der Waals surface area contributed by atoms with Crippen LogP contribution in [0.1, 0.15) is 34.1 Å². The summed E-state index contributed by atoms with van der Waals surface area (Å²) < 4.78 is 82.0. The number of aldehydes is 1. The Kier molecular flexibility index (Phi) is 31.4. The summed E-state index contributed by atoms with van der Waals surface area (Å²) in [5, 5.41) is 268. The Bertz CT molecular complexity index is 2710. The highest BCUT2D eigenvalue weighted by atomic mass is 16.8. The van der Waals surface area contributed by atoms with Crippen molar-refractivity contribution < 1.29 is 213 Å². The molecule has 0 aromatic rings. The van der Waals surface area contributed by atoms with Gasteiger partial charge in [-0.05, 0) is 6.92 Å². The minimum absolute atomic E-state index is 0.225. The summed E-state index contributed by atoms with van der Waals surface area (Å²) in [7, 11) is 0. The monoisotopic (exact) mass is 1510 g/mol. The highest BCUT2D eigenvalue weighted by molar-refractivity contribution is 5.77. The lowest BCUT2D eigenvalue weighted by molar-refractivity contribution is -0.383. The van der Waals surface area contributed by atoms with Crippen molar-refractivity contribution in [2.45, 2.75) is 279 Å². The molecule has 0 aromatic carbocycles. The summed E-state index contributed by atoms with van der Waals surface area (Å²) >= 11 is 0. The summed E-state index contributed by atoms with van der Waals surface area (Å²) in [6, 6.07) is -5.61. The van der Waals surface area contributed by atoms with Gasteiger partial charge in [-0.1, -0.05) is 0 Å². The number of aliphatic hydroxyl groups is 23. The predicted molar refractivity (Wildman–Crippen MR) is 316 cm³/mol. The van der Waals surface area contributed by atoms with Gasteiger partial charge in [0.05, 0.1) is 64.5 Å². The van der Waals surface area contributed by atoms with Crippen molar-refractivity contribution in [1.82, 2.24) is 16.0 Å². The van der Waals surface area contributed by atoms with Gasteiger partial charge in [0.2, 0.25) is 17.7 Å². The second-order valence-corrected chi connectivity index (χ2v) is 25.7. The Morgan fingerprint density at radius 1 is 0.476 bits per heavy atom. The number of hydrogen-bond donors (Lipinski definition) is 27. The van der Waals surface area contributed by atoms with Gasteiger partial charge in [0, 0.05) is 27.2 Å². The number of nitrogens with one attached hydrogen (secondary N) is 3. The van der Waals surface area contributed by atoms with Crippen molar-refractivity contribution in [3.63, 3.8) is 0 Å². The second kappa shape index (κ2) is 37.5. The van der Waals surface area contributed by atoms with Gasteiger partial charge in [-0.15, -0.1) is 0 Å². The molecule has 3 amide bonds. The van der Waals surface area contributed by atoms with E-state index in [-0.39, 0.29) is 6.29 Å². The maximum absolute atomic E-state index is 13.2. The number of ether oxygens (including phenoxy) is 14. The van der Waals surface area contributed by atoms with Crippen molar-refractivity contribution >= 4 is 30.0 Å².